The summed E-state index contributed by atoms with van der Waals surface area (Å²) in [6, 6.07) is 9.30. The zero-order valence-electron chi connectivity index (χ0n) is 9.69. The summed E-state index contributed by atoms with van der Waals surface area (Å²) in [5.41, 5.74) is 1.12. The third kappa shape index (κ3) is 2.39. The van der Waals surface area contributed by atoms with Crippen molar-refractivity contribution in [2.24, 2.45) is 5.41 Å². The van der Waals surface area contributed by atoms with E-state index >= 15 is 0 Å². The van der Waals surface area contributed by atoms with Gasteiger partial charge < -0.3 is 10.1 Å². The van der Waals surface area contributed by atoms with Gasteiger partial charge in [0.2, 0.25) is 0 Å². The number of hydrogen-bond acceptors (Lipinski definition) is 4. The quantitative estimate of drug-likeness (QED) is 0.803. The van der Waals surface area contributed by atoms with Crippen molar-refractivity contribution < 1.29 is 9.53 Å². The Morgan fingerprint density at radius 2 is 2.35 bits per heavy atom. The second-order valence-corrected chi connectivity index (χ2v) is 4.32. The Morgan fingerprint density at radius 1 is 1.59 bits per heavy atom. The molecule has 0 amide bonds. The molecule has 1 aromatic carbocycles. The minimum Gasteiger partial charge on any atom is -0.469 e. The molecule has 0 saturated heterocycles. The highest BCUT2D eigenvalue weighted by Gasteiger charge is 2.50. The molecule has 1 saturated carbocycles. The van der Waals surface area contributed by atoms with E-state index in [-0.39, 0.29) is 11.4 Å². The number of carbonyl (C=O) groups is 1. The van der Waals surface area contributed by atoms with Crippen LogP contribution in [0.25, 0.3) is 0 Å². The number of nitrogens with zero attached hydrogens (tertiary/aromatic N) is 1. The predicted molar refractivity (Wildman–Crippen MR) is 63.3 cm³/mol. The zero-order chi connectivity index (χ0) is 12.3. The molecule has 1 aliphatic rings. The van der Waals surface area contributed by atoms with Crippen LogP contribution in [0.15, 0.2) is 24.3 Å². The van der Waals surface area contributed by atoms with Crippen molar-refractivity contribution in [1.29, 1.82) is 5.26 Å². The lowest BCUT2D eigenvalue weighted by molar-refractivity contribution is -0.146. The summed E-state index contributed by atoms with van der Waals surface area (Å²) in [6.45, 7) is 0.564. The van der Waals surface area contributed by atoms with E-state index in [1.165, 1.54) is 7.11 Å². The molecular weight excluding hydrogens is 216 g/mol. The molecule has 1 aromatic rings. The lowest BCUT2D eigenvalue weighted by atomic mass is 10.1. The van der Waals surface area contributed by atoms with Gasteiger partial charge >= 0.3 is 5.97 Å². The molecule has 0 bridgehead atoms. The largest absolute Gasteiger partial charge is 0.469 e. The number of rotatable bonds is 4. The van der Waals surface area contributed by atoms with Crippen LogP contribution >= 0.6 is 0 Å². The number of ether oxygens (including phenoxy) is 1. The van der Waals surface area contributed by atoms with Crippen molar-refractivity contribution in [3.63, 3.8) is 0 Å². The van der Waals surface area contributed by atoms with E-state index in [2.05, 4.69) is 11.4 Å². The summed E-state index contributed by atoms with van der Waals surface area (Å²) in [7, 11) is 1.42. The minimum atomic E-state index is -0.350. The molecule has 0 aliphatic heterocycles. The van der Waals surface area contributed by atoms with Crippen molar-refractivity contribution in [1.82, 2.24) is 0 Å². The molecule has 0 heterocycles. The summed E-state index contributed by atoms with van der Waals surface area (Å²) in [5.74, 6) is -0.151. The molecule has 0 unspecified atom stereocenters. The predicted octanol–water partition coefficient (Wildman–Crippen LogP) is 1.92. The molecule has 4 nitrogen and oxygen atoms in total. The van der Waals surface area contributed by atoms with Gasteiger partial charge in [-0.15, -0.1) is 0 Å². The number of hydrogen-bond donors (Lipinski definition) is 1. The number of methoxy groups -OCH3 is 1. The average molecular weight is 230 g/mol. The summed E-state index contributed by atoms with van der Waals surface area (Å²) in [6.07, 6.45) is 1.73. The first-order chi connectivity index (χ1) is 8.20. The molecule has 1 N–H and O–H groups in total. The van der Waals surface area contributed by atoms with E-state index in [0.29, 0.717) is 12.1 Å². The maximum atomic E-state index is 11.5. The van der Waals surface area contributed by atoms with Crippen LogP contribution in [0.3, 0.4) is 0 Å². The fourth-order valence-electron chi connectivity index (χ4n) is 1.79. The number of anilines is 1. The third-order valence-corrected chi connectivity index (χ3v) is 3.09. The van der Waals surface area contributed by atoms with Crippen LogP contribution in [0.5, 0.6) is 0 Å². The zero-order valence-corrected chi connectivity index (χ0v) is 9.69. The molecule has 0 aromatic heterocycles. The smallest absolute Gasteiger partial charge is 0.313 e. The van der Waals surface area contributed by atoms with E-state index in [0.717, 1.165) is 18.5 Å². The van der Waals surface area contributed by atoms with Crippen molar-refractivity contribution in [2.75, 3.05) is 19.0 Å². The van der Waals surface area contributed by atoms with E-state index in [1.807, 2.05) is 12.1 Å². The molecule has 0 spiro atoms. The van der Waals surface area contributed by atoms with Crippen molar-refractivity contribution >= 4 is 11.7 Å². The number of esters is 1. The van der Waals surface area contributed by atoms with Gasteiger partial charge in [-0.2, -0.15) is 5.26 Å². The Morgan fingerprint density at radius 3 is 2.94 bits per heavy atom. The maximum Gasteiger partial charge on any atom is 0.313 e. The SMILES string of the molecule is COC(=O)C1(CNc2cccc(C#N)c2)CC1. The topological polar surface area (TPSA) is 62.1 Å². The van der Waals surface area contributed by atoms with Gasteiger partial charge in [0.15, 0.2) is 0 Å². The monoisotopic (exact) mass is 230 g/mol. The molecule has 1 aliphatic carbocycles. The second kappa shape index (κ2) is 4.46. The highest BCUT2D eigenvalue weighted by molar-refractivity contribution is 5.80. The maximum absolute atomic E-state index is 11.5. The molecule has 2 rings (SSSR count). The Hall–Kier alpha value is -2.02. The fourth-order valence-corrected chi connectivity index (χ4v) is 1.79. The average Bonchev–Trinajstić information content (AvgIpc) is 3.17. The Balaban J connectivity index is 1.99. The first-order valence-corrected chi connectivity index (χ1v) is 5.53. The van der Waals surface area contributed by atoms with Crippen LogP contribution in [0.4, 0.5) is 5.69 Å². The first-order valence-electron chi connectivity index (χ1n) is 5.53. The van der Waals surface area contributed by atoms with E-state index in [1.54, 1.807) is 12.1 Å². The molecule has 17 heavy (non-hydrogen) atoms. The molecule has 4 heteroatoms. The van der Waals surface area contributed by atoms with Crippen LogP contribution < -0.4 is 5.32 Å². The normalized spacial score (nSPS) is 15.8. The highest BCUT2D eigenvalue weighted by Crippen LogP contribution is 2.46. The second-order valence-electron chi connectivity index (χ2n) is 4.32. The van der Waals surface area contributed by atoms with Crippen LogP contribution in [0.2, 0.25) is 0 Å². The van der Waals surface area contributed by atoms with Crippen molar-refractivity contribution in [3.05, 3.63) is 29.8 Å². The standard InChI is InChI=1S/C13H14N2O2/c1-17-12(16)13(5-6-13)9-15-11-4-2-3-10(7-11)8-14/h2-4,7,15H,5-6,9H2,1H3. The summed E-state index contributed by atoms with van der Waals surface area (Å²) >= 11 is 0. The van der Waals surface area contributed by atoms with E-state index in [4.69, 9.17) is 10.00 Å². The molecule has 0 atom stereocenters. The lowest BCUT2D eigenvalue weighted by Crippen LogP contribution is -2.25. The summed E-state index contributed by atoms with van der Waals surface area (Å²) < 4.78 is 4.78. The fraction of sp³-hybridized carbons (Fsp3) is 0.385. The molecule has 0 radical (unpaired) electrons. The lowest BCUT2D eigenvalue weighted by Gasteiger charge is -2.14. The van der Waals surface area contributed by atoms with Crippen LogP contribution in [-0.2, 0) is 9.53 Å². The minimum absolute atomic E-state index is 0.151. The van der Waals surface area contributed by atoms with E-state index in [9.17, 15) is 4.79 Å². The molecule has 88 valence electrons. The summed E-state index contributed by atoms with van der Waals surface area (Å²) in [4.78, 5) is 11.5. The molecular formula is C13H14N2O2. The van der Waals surface area contributed by atoms with Gasteiger partial charge in [0, 0.05) is 12.2 Å². The van der Waals surface area contributed by atoms with Crippen molar-refractivity contribution in [2.45, 2.75) is 12.8 Å². The van der Waals surface area contributed by atoms with Gasteiger partial charge in [-0.3, -0.25) is 4.79 Å². The van der Waals surface area contributed by atoms with Gasteiger partial charge in [-0.1, -0.05) is 6.07 Å². The molecule has 1 fully saturated rings. The number of benzene rings is 1. The summed E-state index contributed by atoms with van der Waals surface area (Å²) in [5, 5.41) is 12.0. The van der Waals surface area contributed by atoms with Crippen molar-refractivity contribution in [3.8, 4) is 6.07 Å². The first kappa shape index (κ1) is 11.5. The van der Waals surface area contributed by atoms with Gasteiger partial charge in [-0.25, -0.2) is 0 Å². The van der Waals surface area contributed by atoms with Crippen LogP contribution in [-0.4, -0.2) is 19.6 Å². The van der Waals surface area contributed by atoms with Crippen LogP contribution in [0, 0.1) is 16.7 Å². The van der Waals surface area contributed by atoms with Gasteiger partial charge in [0.05, 0.1) is 24.2 Å². The Kier molecular flexibility index (Phi) is 3.01. The third-order valence-electron chi connectivity index (χ3n) is 3.09. The van der Waals surface area contributed by atoms with Gasteiger partial charge in [0.1, 0.15) is 0 Å². The van der Waals surface area contributed by atoms with E-state index < -0.39 is 0 Å². The number of nitrogens with one attached hydrogen (secondary N) is 1. The number of nitriles is 1. The Bertz CT molecular complexity index is 473. The van der Waals surface area contributed by atoms with Gasteiger partial charge in [0.25, 0.3) is 0 Å². The Labute approximate surface area is 100 Å². The highest BCUT2D eigenvalue weighted by atomic mass is 16.5. The van der Waals surface area contributed by atoms with Crippen LogP contribution in [0.1, 0.15) is 18.4 Å². The number of carbonyl (C=O) groups excluding carboxylic acids is 1. The van der Waals surface area contributed by atoms with Gasteiger partial charge in [-0.05, 0) is 31.0 Å².